The average Bonchev–Trinajstić information content (AvgIpc) is 3.15. The van der Waals surface area contributed by atoms with Crippen molar-refractivity contribution in [2.75, 3.05) is 0 Å². The smallest absolute Gasteiger partial charge is 0.243 e. The molecular weight excluding hydrogens is 354 g/mol. The number of unbranched alkanes of at least 4 members (excludes halogenated alkanes) is 3. The molecule has 0 aromatic heterocycles. The Bertz CT molecular complexity index is 614. The van der Waals surface area contributed by atoms with Gasteiger partial charge in [-0.3, -0.25) is 14.8 Å². The minimum atomic E-state index is -0.901. The first-order valence-electron chi connectivity index (χ1n) is 10.7. The first-order valence-corrected chi connectivity index (χ1v) is 10.7. The van der Waals surface area contributed by atoms with Gasteiger partial charge in [-0.2, -0.15) is 0 Å². The van der Waals surface area contributed by atoms with Gasteiger partial charge in [0.1, 0.15) is 6.10 Å². The van der Waals surface area contributed by atoms with Gasteiger partial charge in [0.05, 0.1) is 0 Å². The number of carbonyl (C=O) groups is 2. The van der Waals surface area contributed by atoms with E-state index in [0.29, 0.717) is 30.2 Å². The third kappa shape index (κ3) is 7.36. The molecule has 5 heteroatoms. The fourth-order valence-corrected chi connectivity index (χ4v) is 4.39. The largest absolute Gasteiger partial charge is 0.385 e. The third-order valence-electron chi connectivity index (χ3n) is 6.12. The summed E-state index contributed by atoms with van der Waals surface area (Å²) in [7, 11) is 0. The summed E-state index contributed by atoms with van der Waals surface area (Å²) in [6.07, 6.45) is 9.92. The lowest BCUT2D eigenvalue weighted by Gasteiger charge is -2.21. The summed E-state index contributed by atoms with van der Waals surface area (Å²) in [4.78, 5) is 23.4. The predicted octanol–water partition coefficient (Wildman–Crippen LogP) is 4.58. The van der Waals surface area contributed by atoms with Gasteiger partial charge in [0, 0.05) is 12.0 Å². The van der Waals surface area contributed by atoms with E-state index < -0.39 is 6.10 Å². The van der Waals surface area contributed by atoms with Gasteiger partial charge in [0.2, 0.25) is 5.91 Å². The lowest BCUT2D eigenvalue weighted by Crippen LogP contribution is -2.22. The molecule has 1 saturated carbocycles. The number of ketones is 1. The number of nitrogens with one attached hydrogen (secondary N) is 1. The van der Waals surface area contributed by atoms with Crippen molar-refractivity contribution in [1.82, 2.24) is 5.48 Å². The van der Waals surface area contributed by atoms with Crippen molar-refractivity contribution < 1.29 is 19.9 Å². The van der Waals surface area contributed by atoms with Gasteiger partial charge in [-0.1, -0.05) is 74.8 Å². The van der Waals surface area contributed by atoms with Gasteiger partial charge in [0.15, 0.2) is 5.78 Å². The zero-order valence-corrected chi connectivity index (χ0v) is 17.0. The highest BCUT2D eigenvalue weighted by Gasteiger charge is 2.28. The molecule has 3 atom stereocenters. The number of aliphatic hydroxyl groups is 1. The number of aliphatic hydroxyl groups excluding tert-OH is 1. The Morgan fingerprint density at radius 1 is 1.04 bits per heavy atom. The average molecular weight is 390 g/mol. The van der Waals surface area contributed by atoms with Crippen molar-refractivity contribution >= 4 is 11.7 Å². The summed E-state index contributed by atoms with van der Waals surface area (Å²) in [5, 5.41) is 18.8. The molecule has 3 N–H and O–H groups in total. The molecule has 1 aromatic carbocycles. The fraction of sp³-hybridized carbons (Fsp3) is 0.652. The minimum absolute atomic E-state index is 0.165. The van der Waals surface area contributed by atoms with E-state index in [1.807, 2.05) is 19.1 Å². The van der Waals surface area contributed by atoms with Crippen LogP contribution in [-0.2, 0) is 4.79 Å². The van der Waals surface area contributed by atoms with Gasteiger partial charge in [-0.25, -0.2) is 5.48 Å². The summed E-state index contributed by atoms with van der Waals surface area (Å²) in [6.45, 7) is 1.98. The maximum absolute atomic E-state index is 12.4. The van der Waals surface area contributed by atoms with E-state index in [0.717, 1.165) is 37.7 Å². The number of rotatable bonds is 12. The van der Waals surface area contributed by atoms with Crippen LogP contribution in [0.15, 0.2) is 24.3 Å². The maximum atomic E-state index is 12.4. The van der Waals surface area contributed by atoms with Crippen LogP contribution in [0.3, 0.4) is 0 Å². The molecule has 0 bridgehead atoms. The molecule has 1 amide bonds. The van der Waals surface area contributed by atoms with Crippen LogP contribution in [0.2, 0.25) is 0 Å². The van der Waals surface area contributed by atoms with E-state index in [1.165, 1.54) is 25.7 Å². The van der Waals surface area contributed by atoms with E-state index in [2.05, 4.69) is 0 Å². The highest BCUT2D eigenvalue weighted by molar-refractivity contribution is 5.99. The zero-order chi connectivity index (χ0) is 20.4. The Balaban J connectivity index is 1.66. The molecule has 28 heavy (non-hydrogen) atoms. The van der Waals surface area contributed by atoms with E-state index in [9.17, 15) is 14.7 Å². The second-order valence-corrected chi connectivity index (χ2v) is 8.26. The van der Waals surface area contributed by atoms with E-state index in [-0.39, 0.29) is 11.7 Å². The summed E-state index contributed by atoms with van der Waals surface area (Å²) >= 11 is 0. The number of hydrogen-bond donors (Lipinski definition) is 3. The van der Waals surface area contributed by atoms with Crippen LogP contribution in [0.4, 0.5) is 0 Å². The van der Waals surface area contributed by atoms with Crippen LogP contribution in [0.25, 0.3) is 0 Å². The van der Waals surface area contributed by atoms with Crippen molar-refractivity contribution in [3.05, 3.63) is 35.4 Å². The van der Waals surface area contributed by atoms with Gasteiger partial charge >= 0.3 is 0 Å². The quantitative estimate of drug-likeness (QED) is 0.211. The lowest BCUT2D eigenvalue weighted by molar-refractivity contribution is -0.129. The lowest BCUT2D eigenvalue weighted by atomic mass is 9.86. The van der Waals surface area contributed by atoms with E-state index in [1.54, 1.807) is 17.6 Å². The SMILES string of the molecule is Cc1ccc(C(=O)C(O)CC[C@H]2CCC[C@@H]2CCCCCCC(=O)NO)cc1. The topological polar surface area (TPSA) is 86.6 Å². The molecule has 1 fully saturated rings. The monoisotopic (exact) mass is 389 g/mol. The molecule has 1 aromatic rings. The fourth-order valence-electron chi connectivity index (χ4n) is 4.39. The molecule has 0 spiro atoms. The molecule has 0 radical (unpaired) electrons. The van der Waals surface area contributed by atoms with Crippen molar-refractivity contribution in [2.24, 2.45) is 11.8 Å². The van der Waals surface area contributed by atoms with Crippen LogP contribution in [0, 0.1) is 18.8 Å². The highest BCUT2D eigenvalue weighted by Crippen LogP contribution is 2.38. The Labute approximate surface area is 168 Å². The standard InChI is InChI=1S/C23H35NO4/c1-17-11-13-20(14-12-17)23(27)21(25)16-15-19-9-6-8-18(19)7-4-2-3-5-10-22(26)24-28/h11-14,18-19,21,25,28H,2-10,15-16H2,1H3,(H,24,26)/t18-,19+,21?/m0/s1. The van der Waals surface area contributed by atoms with Crippen LogP contribution in [0.1, 0.15) is 86.6 Å². The van der Waals surface area contributed by atoms with Gasteiger partial charge in [0.25, 0.3) is 0 Å². The molecule has 5 nitrogen and oxygen atoms in total. The van der Waals surface area contributed by atoms with Crippen molar-refractivity contribution in [2.45, 2.75) is 83.7 Å². The molecular formula is C23H35NO4. The molecule has 0 heterocycles. The first kappa shape index (κ1) is 22.6. The number of carbonyl (C=O) groups excluding carboxylic acids is 2. The number of amides is 1. The number of hydrogen-bond acceptors (Lipinski definition) is 4. The van der Waals surface area contributed by atoms with Gasteiger partial charge in [-0.15, -0.1) is 0 Å². The Morgan fingerprint density at radius 2 is 1.68 bits per heavy atom. The molecule has 156 valence electrons. The van der Waals surface area contributed by atoms with Crippen LogP contribution in [0.5, 0.6) is 0 Å². The number of Topliss-reactive ketones (excluding diaryl/α,β-unsaturated/α-hetero) is 1. The van der Waals surface area contributed by atoms with Crippen LogP contribution in [-0.4, -0.2) is 28.1 Å². The first-order chi connectivity index (χ1) is 13.5. The van der Waals surface area contributed by atoms with E-state index in [4.69, 9.17) is 5.21 Å². The molecule has 1 aliphatic carbocycles. The Morgan fingerprint density at radius 3 is 2.36 bits per heavy atom. The molecule has 2 rings (SSSR count). The molecule has 1 aliphatic rings. The highest BCUT2D eigenvalue weighted by atomic mass is 16.5. The number of benzene rings is 1. The number of aryl methyl sites for hydroxylation is 1. The summed E-state index contributed by atoms with van der Waals surface area (Å²) < 4.78 is 0. The van der Waals surface area contributed by atoms with Gasteiger partial charge < -0.3 is 5.11 Å². The molecule has 0 aliphatic heterocycles. The second-order valence-electron chi connectivity index (χ2n) is 8.26. The summed E-state index contributed by atoms with van der Waals surface area (Å²) in [6, 6.07) is 7.40. The zero-order valence-electron chi connectivity index (χ0n) is 17.0. The normalized spacial score (nSPS) is 20.1. The number of hydroxylamine groups is 1. The van der Waals surface area contributed by atoms with Crippen molar-refractivity contribution in [3.8, 4) is 0 Å². The predicted molar refractivity (Wildman–Crippen MR) is 109 cm³/mol. The van der Waals surface area contributed by atoms with Crippen LogP contribution >= 0.6 is 0 Å². The van der Waals surface area contributed by atoms with Crippen molar-refractivity contribution in [3.63, 3.8) is 0 Å². The van der Waals surface area contributed by atoms with Crippen molar-refractivity contribution in [1.29, 1.82) is 0 Å². The third-order valence-corrected chi connectivity index (χ3v) is 6.12. The maximum Gasteiger partial charge on any atom is 0.243 e. The van der Waals surface area contributed by atoms with Gasteiger partial charge in [-0.05, 0) is 38.0 Å². The molecule has 1 unspecified atom stereocenters. The molecule has 0 saturated heterocycles. The summed E-state index contributed by atoms with van der Waals surface area (Å²) in [5.74, 6) is 0.833. The van der Waals surface area contributed by atoms with Crippen LogP contribution < -0.4 is 5.48 Å². The summed E-state index contributed by atoms with van der Waals surface area (Å²) in [5.41, 5.74) is 3.37. The minimum Gasteiger partial charge on any atom is -0.385 e. The Hall–Kier alpha value is -1.72. The Kier molecular flexibility index (Phi) is 9.65. The van der Waals surface area contributed by atoms with E-state index >= 15 is 0 Å². The second kappa shape index (κ2) is 12.0.